The van der Waals surface area contributed by atoms with Crippen molar-refractivity contribution in [3.63, 3.8) is 0 Å². The van der Waals surface area contributed by atoms with E-state index in [1.54, 1.807) is 16.8 Å². The predicted molar refractivity (Wildman–Crippen MR) is 111 cm³/mol. The van der Waals surface area contributed by atoms with Gasteiger partial charge in [0.05, 0.1) is 18.7 Å². The highest BCUT2D eigenvalue weighted by Crippen LogP contribution is 2.29. The van der Waals surface area contributed by atoms with E-state index < -0.39 is 0 Å². The van der Waals surface area contributed by atoms with Crippen molar-refractivity contribution in [3.8, 4) is 17.1 Å². The molecule has 5 rings (SSSR count). The minimum Gasteiger partial charge on any atom is -0.419 e. The number of hydrogen-bond donors (Lipinski definition) is 0. The van der Waals surface area contributed by atoms with Crippen LogP contribution in [0.2, 0.25) is 5.02 Å². The number of hydrogen-bond acceptors (Lipinski definition) is 7. The van der Waals surface area contributed by atoms with Crippen molar-refractivity contribution in [1.82, 2.24) is 35.3 Å². The fourth-order valence-electron chi connectivity index (χ4n) is 3.30. The monoisotopic (exact) mass is 435 g/mol. The van der Waals surface area contributed by atoms with Gasteiger partial charge in [-0.1, -0.05) is 23.7 Å². The zero-order valence-corrected chi connectivity index (χ0v) is 17.2. The van der Waals surface area contributed by atoms with Crippen molar-refractivity contribution in [2.45, 2.75) is 31.8 Å². The number of halogens is 1. The quantitative estimate of drug-likeness (QED) is 0.439. The Hall–Kier alpha value is -3.59. The third kappa shape index (κ3) is 4.46. The molecule has 1 fully saturated rings. The van der Waals surface area contributed by atoms with Gasteiger partial charge in [-0.05, 0) is 65.2 Å². The summed E-state index contributed by atoms with van der Waals surface area (Å²) >= 11 is 5.93. The molecule has 31 heavy (non-hydrogen) atoms. The molecular weight excluding hydrogens is 418 g/mol. The number of benzene rings is 2. The zero-order chi connectivity index (χ0) is 21.2. The predicted octanol–water partition coefficient (Wildman–Crippen LogP) is 3.10. The van der Waals surface area contributed by atoms with Gasteiger partial charge in [0.25, 0.3) is 0 Å². The molecule has 0 radical (unpaired) electrons. The lowest BCUT2D eigenvalue weighted by atomic mass is 10.1. The van der Waals surface area contributed by atoms with Crippen LogP contribution in [0.5, 0.6) is 0 Å². The number of amides is 1. The van der Waals surface area contributed by atoms with Gasteiger partial charge in [0.2, 0.25) is 17.7 Å². The average Bonchev–Trinajstić information content (AvgIpc) is 3.26. The summed E-state index contributed by atoms with van der Waals surface area (Å²) in [4.78, 5) is 14.8. The molecule has 4 aromatic rings. The summed E-state index contributed by atoms with van der Waals surface area (Å²) in [5.74, 6) is 0.858. The molecule has 10 heteroatoms. The lowest BCUT2D eigenvalue weighted by Gasteiger charge is -2.20. The average molecular weight is 436 g/mol. The van der Waals surface area contributed by atoms with Crippen LogP contribution in [0.25, 0.3) is 17.1 Å². The molecule has 2 aromatic carbocycles. The van der Waals surface area contributed by atoms with Gasteiger partial charge in [-0.3, -0.25) is 4.79 Å². The van der Waals surface area contributed by atoms with Crippen LogP contribution in [0.1, 0.15) is 24.3 Å². The summed E-state index contributed by atoms with van der Waals surface area (Å²) < 4.78 is 7.36. The van der Waals surface area contributed by atoms with E-state index in [1.807, 2.05) is 41.3 Å². The van der Waals surface area contributed by atoms with Gasteiger partial charge >= 0.3 is 0 Å². The number of nitrogens with zero attached hydrogens (tertiary/aromatic N) is 7. The first-order valence-corrected chi connectivity index (χ1v) is 10.2. The number of rotatable bonds is 7. The molecule has 0 bridgehead atoms. The summed E-state index contributed by atoms with van der Waals surface area (Å²) in [6.45, 7) is 0.298. The van der Waals surface area contributed by atoms with Gasteiger partial charge in [-0.2, -0.15) is 0 Å². The van der Waals surface area contributed by atoms with Crippen LogP contribution in [0.4, 0.5) is 0 Å². The van der Waals surface area contributed by atoms with Gasteiger partial charge < -0.3 is 9.32 Å². The smallest absolute Gasteiger partial charge is 0.247 e. The highest BCUT2D eigenvalue weighted by Gasteiger charge is 2.33. The molecule has 0 unspecified atom stereocenters. The Labute approximate surface area is 182 Å². The molecule has 1 aliphatic rings. The van der Waals surface area contributed by atoms with Crippen LogP contribution in [0, 0.1) is 0 Å². The van der Waals surface area contributed by atoms with Crippen molar-refractivity contribution in [1.29, 1.82) is 0 Å². The van der Waals surface area contributed by atoms with Crippen LogP contribution in [-0.2, 0) is 17.8 Å². The van der Waals surface area contributed by atoms with E-state index in [-0.39, 0.29) is 11.9 Å². The molecule has 1 aliphatic carbocycles. The Morgan fingerprint density at radius 1 is 1.10 bits per heavy atom. The van der Waals surface area contributed by atoms with E-state index in [2.05, 4.69) is 25.7 Å². The minimum absolute atomic E-state index is 0.0314. The molecule has 1 saturated carbocycles. The first kappa shape index (κ1) is 19.4. The van der Waals surface area contributed by atoms with Crippen LogP contribution in [0.15, 0.2) is 59.3 Å². The lowest BCUT2D eigenvalue weighted by molar-refractivity contribution is -0.132. The normalized spacial score (nSPS) is 13.3. The maximum absolute atomic E-state index is 13.0. The van der Waals surface area contributed by atoms with Gasteiger partial charge in [-0.25, -0.2) is 4.68 Å². The molecule has 0 atom stereocenters. The van der Waals surface area contributed by atoms with Crippen molar-refractivity contribution >= 4 is 17.5 Å². The second kappa shape index (κ2) is 8.27. The Morgan fingerprint density at radius 3 is 2.55 bits per heavy atom. The molecule has 0 saturated heterocycles. The molecule has 0 spiro atoms. The molecule has 2 aromatic heterocycles. The van der Waals surface area contributed by atoms with Crippen molar-refractivity contribution in [3.05, 3.63) is 71.3 Å². The van der Waals surface area contributed by atoms with Gasteiger partial charge in [0.15, 0.2) is 0 Å². The van der Waals surface area contributed by atoms with Crippen molar-refractivity contribution in [2.75, 3.05) is 0 Å². The van der Waals surface area contributed by atoms with E-state index in [0.717, 1.165) is 29.7 Å². The van der Waals surface area contributed by atoms with E-state index in [4.69, 9.17) is 16.0 Å². The Kier molecular flexibility index (Phi) is 5.17. The second-order valence-corrected chi connectivity index (χ2v) is 7.79. The summed E-state index contributed by atoms with van der Waals surface area (Å²) in [5.41, 5.74) is 2.54. The summed E-state index contributed by atoms with van der Waals surface area (Å²) in [5, 5.41) is 20.0. The maximum Gasteiger partial charge on any atom is 0.247 e. The lowest BCUT2D eigenvalue weighted by Crippen LogP contribution is -2.34. The topological polar surface area (TPSA) is 103 Å². The van der Waals surface area contributed by atoms with Crippen LogP contribution in [0.3, 0.4) is 0 Å². The minimum atomic E-state index is 0.0314. The van der Waals surface area contributed by atoms with E-state index in [9.17, 15) is 4.79 Å². The zero-order valence-electron chi connectivity index (χ0n) is 16.4. The standard InChI is InChI=1S/C21H18ClN7O2/c22-16-5-3-15(4-6-16)21-25-24-19(31-21)12-28(17-9-10-17)20(30)11-14-1-7-18(8-2-14)29-13-23-26-27-29/h1-8,13,17H,9-12H2. The van der Waals surface area contributed by atoms with E-state index in [0.29, 0.717) is 29.8 Å². The van der Waals surface area contributed by atoms with Gasteiger partial charge in [0.1, 0.15) is 6.33 Å². The fourth-order valence-corrected chi connectivity index (χ4v) is 3.43. The molecule has 2 heterocycles. The van der Waals surface area contributed by atoms with E-state index >= 15 is 0 Å². The van der Waals surface area contributed by atoms with Crippen LogP contribution < -0.4 is 0 Å². The van der Waals surface area contributed by atoms with E-state index in [1.165, 1.54) is 6.33 Å². The highest BCUT2D eigenvalue weighted by molar-refractivity contribution is 6.30. The summed E-state index contributed by atoms with van der Waals surface area (Å²) in [6.07, 6.45) is 3.80. The Morgan fingerprint density at radius 2 is 1.87 bits per heavy atom. The van der Waals surface area contributed by atoms with Gasteiger partial charge in [-0.15, -0.1) is 15.3 Å². The Bertz CT molecular complexity index is 1170. The van der Waals surface area contributed by atoms with Crippen molar-refractivity contribution < 1.29 is 9.21 Å². The number of tetrazole rings is 1. The van der Waals surface area contributed by atoms with Gasteiger partial charge in [0, 0.05) is 16.6 Å². The third-order valence-electron chi connectivity index (χ3n) is 5.08. The molecule has 0 N–H and O–H groups in total. The molecule has 156 valence electrons. The first-order chi connectivity index (χ1) is 15.2. The fraction of sp³-hybridized carbons (Fsp3) is 0.238. The highest BCUT2D eigenvalue weighted by atomic mass is 35.5. The number of carbonyl (C=O) groups excluding carboxylic acids is 1. The summed E-state index contributed by atoms with van der Waals surface area (Å²) in [6, 6.07) is 15.0. The van der Waals surface area contributed by atoms with Crippen LogP contribution in [-0.4, -0.2) is 47.3 Å². The first-order valence-electron chi connectivity index (χ1n) is 9.86. The maximum atomic E-state index is 13.0. The SMILES string of the molecule is O=C(Cc1ccc(-n2cnnn2)cc1)N(Cc1nnc(-c2ccc(Cl)cc2)o1)C1CC1. The van der Waals surface area contributed by atoms with Crippen LogP contribution >= 0.6 is 11.6 Å². The third-order valence-corrected chi connectivity index (χ3v) is 5.33. The Balaban J connectivity index is 1.27. The summed E-state index contributed by atoms with van der Waals surface area (Å²) in [7, 11) is 0. The number of carbonyl (C=O) groups is 1. The molecule has 1 amide bonds. The molecule has 0 aliphatic heterocycles. The second-order valence-electron chi connectivity index (χ2n) is 7.36. The molecule has 9 nitrogen and oxygen atoms in total. The largest absolute Gasteiger partial charge is 0.419 e. The number of aromatic nitrogens is 6. The molecular formula is C21H18ClN7O2. The van der Waals surface area contributed by atoms with Crippen molar-refractivity contribution in [2.24, 2.45) is 0 Å².